The Balaban J connectivity index is 2.21. The van der Waals surface area contributed by atoms with Gasteiger partial charge >= 0.3 is 6.18 Å². The van der Waals surface area contributed by atoms with E-state index >= 15 is 0 Å². The fraction of sp³-hybridized carbons (Fsp3) is 0.600. The molecule has 1 aromatic rings. The van der Waals surface area contributed by atoms with E-state index in [0.717, 1.165) is 25.8 Å². The molecular formula is C15H21F3N2. The number of hydrogen-bond donors (Lipinski definition) is 1. The summed E-state index contributed by atoms with van der Waals surface area (Å²) >= 11 is 0. The van der Waals surface area contributed by atoms with E-state index in [2.05, 4.69) is 12.2 Å². The maximum atomic E-state index is 13.1. The summed E-state index contributed by atoms with van der Waals surface area (Å²) in [5, 5.41) is 3.44. The topological polar surface area (TPSA) is 15.3 Å². The van der Waals surface area contributed by atoms with Gasteiger partial charge in [-0.1, -0.05) is 19.1 Å². The first kappa shape index (κ1) is 15.2. The molecule has 0 amide bonds. The molecule has 0 aliphatic carbocycles. The molecule has 20 heavy (non-hydrogen) atoms. The number of nitrogens with zero attached hydrogens (tertiary/aromatic N) is 1. The molecule has 2 nitrogen and oxygen atoms in total. The average molecular weight is 286 g/mol. The molecule has 1 heterocycles. The summed E-state index contributed by atoms with van der Waals surface area (Å²) in [6, 6.07) is 6.28. The SMILES string of the molecule is CCC1CCN(c2ccccc2C(F)(F)F)CCCN1. The molecule has 112 valence electrons. The van der Waals surface area contributed by atoms with Crippen LogP contribution in [-0.2, 0) is 6.18 Å². The number of nitrogens with one attached hydrogen (secondary N) is 1. The molecule has 5 heteroatoms. The Labute approximate surface area is 118 Å². The molecule has 1 fully saturated rings. The summed E-state index contributed by atoms with van der Waals surface area (Å²) in [6.07, 6.45) is -1.54. The summed E-state index contributed by atoms with van der Waals surface area (Å²) in [5.41, 5.74) is -0.210. The number of para-hydroxylation sites is 1. The van der Waals surface area contributed by atoms with Crippen molar-refractivity contribution >= 4 is 5.69 Å². The number of anilines is 1. The van der Waals surface area contributed by atoms with Crippen molar-refractivity contribution in [1.29, 1.82) is 0 Å². The maximum absolute atomic E-state index is 13.1. The van der Waals surface area contributed by atoms with Crippen molar-refractivity contribution in [2.45, 2.75) is 38.4 Å². The Morgan fingerprint density at radius 1 is 1.25 bits per heavy atom. The van der Waals surface area contributed by atoms with E-state index in [0.29, 0.717) is 24.8 Å². The lowest BCUT2D eigenvalue weighted by atomic mass is 10.1. The first-order valence-electron chi connectivity index (χ1n) is 7.17. The van der Waals surface area contributed by atoms with Crippen LogP contribution in [-0.4, -0.2) is 25.7 Å². The Morgan fingerprint density at radius 3 is 2.70 bits per heavy atom. The van der Waals surface area contributed by atoms with Crippen LogP contribution in [0.3, 0.4) is 0 Å². The van der Waals surface area contributed by atoms with Crippen molar-refractivity contribution in [2.24, 2.45) is 0 Å². The standard InChI is InChI=1S/C15H21F3N2/c1-2-12-8-11-20(10-5-9-19-12)14-7-4-3-6-13(14)15(16,17)18/h3-4,6-7,12,19H,2,5,8-11H2,1H3. The normalized spacial score (nSPS) is 21.4. The van der Waals surface area contributed by atoms with Gasteiger partial charge < -0.3 is 10.2 Å². The molecule has 1 saturated heterocycles. The van der Waals surface area contributed by atoms with E-state index in [4.69, 9.17) is 0 Å². The molecule has 1 aliphatic rings. The minimum atomic E-state index is -4.29. The monoisotopic (exact) mass is 286 g/mol. The van der Waals surface area contributed by atoms with Gasteiger partial charge in [0.2, 0.25) is 0 Å². The van der Waals surface area contributed by atoms with Crippen molar-refractivity contribution in [2.75, 3.05) is 24.5 Å². The zero-order chi connectivity index (χ0) is 14.6. The second-order valence-electron chi connectivity index (χ2n) is 5.20. The second kappa shape index (κ2) is 6.48. The molecule has 2 rings (SSSR count). The maximum Gasteiger partial charge on any atom is 0.418 e. The van der Waals surface area contributed by atoms with Gasteiger partial charge in [0.25, 0.3) is 0 Å². The number of hydrogen-bond acceptors (Lipinski definition) is 2. The van der Waals surface area contributed by atoms with Crippen LogP contribution in [0.2, 0.25) is 0 Å². The molecule has 1 aromatic carbocycles. The lowest BCUT2D eigenvalue weighted by Crippen LogP contribution is -2.40. The van der Waals surface area contributed by atoms with E-state index in [1.807, 2.05) is 4.90 Å². The van der Waals surface area contributed by atoms with Gasteiger partial charge in [0, 0.05) is 24.8 Å². The van der Waals surface area contributed by atoms with E-state index in [1.165, 1.54) is 12.1 Å². The second-order valence-corrected chi connectivity index (χ2v) is 5.20. The average Bonchev–Trinajstić information content (AvgIpc) is 2.38. The van der Waals surface area contributed by atoms with E-state index < -0.39 is 11.7 Å². The van der Waals surface area contributed by atoms with Gasteiger partial charge in [-0.05, 0) is 37.9 Å². The van der Waals surface area contributed by atoms with E-state index in [1.54, 1.807) is 12.1 Å². The van der Waals surface area contributed by atoms with Crippen LogP contribution in [0.4, 0.5) is 18.9 Å². The van der Waals surface area contributed by atoms with Gasteiger partial charge in [-0.2, -0.15) is 13.2 Å². The van der Waals surface area contributed by atoms with E-state index in [-0.39, 0.29) is 0 Å². The molecule has 1 unspecified atom stereocenters. The van der Waals surface area contributed by atoms with E-state index in [9.17, 15) is 13.2 Å². The van der Waals surface area contributed by atoms with Crippen molar-refractivity contribution in [3.63, 3.8) is 0 Å². The van der Waals surface area contributed by atoms with Crippen LogP contribution < -0.4 is 10.2 Å². The fourth-order valence-electron chi connectivity index (χ4n) is 2.68. The van der Waals surface area contributed by atoms with Crippen molar-refractivity contribution in [3.8, 4) is 0 Å². The summed E-state index contributed by atoms with van der Waals surface area (Å²) < 4.78 is 39.3. The third-order valence-corrected chi connectivity index (χ3v) is 3.83. The highest BCUT2D eigenvalue weighted by molar-refractivity contribution is 5.55. The molecule has 0 spiro atoms. The molecule has 0 saturated carbocycles. The van der Waals surface area contributed by atoms with Gasteiger partial charge in [0.15, 0.2) is 0 Å². The third-order valence-electron chi connectivity index (χ3n) is 3.83. The van der Waals surface area contributed by atoms with Crippen molar-refractivity contribution in [3.05, 3.63) is 29.8 Å². The smallest absolute Gasteiger partial charge is 0.371 e. The van der Waals surface area contributed by atoms with Gasteiger partial charge in [0.05, 0.1) is 5.56 Å². The Hall–Kier alpha value is -1.23. The lowest BCUT2D eigenvalue weighted by molar-refractivity contribution is -0.137. The minimum absolute atomic E-state index is 0.316. The predicted molar refractivity (Wildman–Crippen MR) is 75.0 cm³/mol. The first-order valence-corrected chi connectivity index (χ1v) is 7.17. The highest BCUT2D eigenvalue weighted by atomic mass is 19.4. The van der Waals surface area contributed by atoms with Gasteiger partial charge in [-0.25, -0.2) is 0 Å². The number of alkyl halides is 3. The Kier molecular flexibility index (Phi) is 4.91. The molecule has 0 aromatic heterocycles. The highest BCUT2D eigenvalue weighted by Crippen LogP contribution is 2.36. The fourth-order valence-corrected chi connectivity index (χ4v) is 2.68. The summed E-state index contributed by atoms with van der Waals surface area (Å²) in [6.45, 7) is 4.30. The molecule has 1 atom stereocenters. The van der Waals surface area contributed by atoms with Crippen molar-refractivity contribution in [1.82, 2.24) is 5.32 Å². The van der Waals surface area contributed by atoms with Crippen LogP contribution in [0.15, 0.2) is 24.3 Å². The van der Waals surface area contributed by atoms with Crippen LogP contribution in [0.1, 0.15) is 31.7 Å². The number of halogens is 3. The number of rotatable bonds is 2. The van der Waals surface area contributed by atoms with Gasteiger partial charge in [-0.3, -0.25) is 0 Å². The zero-order valence-corrected chi connectivity index (χ0v) is 11.7. The molecule has 1 N–H and O–H groups in total. The van der Waals surface area contributed by atoms with Gasteiger partial charge in [-0.15, -0.1) is 0 Å². The van der Waals surface area contributed by atoms with Crippen LogP contribution in [0, 0.1) is 0 Å². The molecular weight excluding hydrogens is 265 g/mol. The first-order chi connectivity index (χ1) is 9.52. The minimum Gasteiger partial charge on any atom is -0.371 e. The highest BCUT2D eigenvalue weighted by Gasteiger charge is 2.34. The Bertz CT molecular complexity index is 431. The predicted octanol–water partition coefficient (Wildman–Crippen LogP) is 3.67. The van der Waals surface area contributed by atoms with Crippen LogP contribution in [0.25, 0.3) is 0 Å². The van der Waals surface area contributed by atoms with Gasteiger partial charge in [0.1, 0.15) is 0 Å². The van der Waals surface area contributed by atoms with Crippen molar-refractivity contribution < 1.29 is 13.2 Å². The third kappa shape index (κ3) is 3.66. The lowest BCUT2D eigenvalue weighted by Gasteiger charge is -2.32. The molecule has 0 bridgehead atoms. The summed E-state index contributed by atoms with van der Waals surface area (Å²) in [5.74, 6) is 0. The quantitative estimate of drug-likeness (QED) is 0.892. The largest absolute Gasteiger partial charge is 0.418 e. The zero-order valence-electron chi connectivity index (χ0n) is 11.7. The van der Waals surface area contributed by atoms with Crippen LogP contribution >= 0.6 is 0 Å². The summed E-state index contributed by atoms with van der Waals surface area (Å²) in [4.78, 5) is 1.88. The molecule has 1 aliphatic heterocycles. The molecule has 0 radical (unpaired) electrons. The van der Waals surface area contributed by atoms with Crippen LogP contribution in [0.5, 0.6) is 0 Å². The summed E-state index contributed by atoms with van der Waals surface area (Å²) in [7, 11) is 0. The Morgan fingerprint density at radius 2 is 2.00 bits per heavy atom. The number of benzene rings is 1.